The van der Waals surface area contributed by atoms with Crippen LogP contribution in [-0.2, 0) is 21.4 Å². The lowest BCUT2D eigenvalue weighted by molar-refractivity contribution is -0.118. The van der Waals surface area contributed by atoms with E-state index < -0.39 is 15.9 Å². The summed E-state index contributed by atoms with van der Waals surface area (Å²) in [5.74, 6) is -0.470. The van der Waals surface area contributed by atoms with Crippen molar-refractivity contribution in [2.45, 2.75) is 35.0 Å². The van der Waals surface area contributed by atoms with Gasteiger partial charge in [0.25, 0.3) is 5.91 Å². The topological polar surface area (TPSA) is 121 Å². The van der Waals surface area contributed by atoms with Gasteiger partial charge >= 0.3 is 0 Å². The van der Waals surface area contributed by atoms with Gasteiger partial charge < -0.3 is 5.32 Å². The zero-order chi connectivity index (χ0) is 25.5. The van der Waals surface area contributed by atoms with E-state index in [1.54, 1.807) is 6.07 Å². The highest BCUT2D eigenvalue weighted by Gasteiger charge is 2.26. The number of aromatic nitrogens is 2. The molecule has 0 atom stereocenters. The number of carbonyl (C=O) groups excluding carboxylic acids is 2. The summed E-state index contributed by atoms with van der Waals surface area (Å²) in [6.45, 7) is 1.37. The molecule has 13 heteroatoms. The number of hydrogen-bond acceptors (Lipinski definition) is 8. The molecule has 0 aliphatic carbocycles. The predicted molar refractivity (Wildman–Crippen MR) is 141 cm³/mol. The Morgan fingerprint density at radius 1 is 1.03 bits per heavy atom. The van der Waals surface area contributed by atoms with Crippen LogP contribution in [0.2, 0.25) is 5.02 Å². The molecule has 1 aromatic heterocycles. The van der Waals surface area contributed by atoms with Crippen molar-refractivity contribution >= 4 is 61.7 Å². The lowest BCUT2D eigenvalue weighted by atomic mass is 10.2. The van der Waals surface area contributed by atoms with Crippen LogP contribution in [0.3, 0.4) is 0 Å². The second-order valence-electron chi connectivity index (χ2n) is 7.97. The van der Waals surface area contributed by atoms with Gasteiger partial charge in [-0.25, -0.2) is 8.42 Å². The number of halogens is 1. The molecule has 36 heavy (non-hydrogen) atoms. The molecule has 0 unspecified atom stereocenters. The number of carbonyl (C=O) groups is 2. The largest absolute Gasteiger partial charge is 0.351 e. The van der Waals surface area contributed by atoms with E-state index in [2.05, 4.69) is 20.8 Å². The number of amides is 2. The molecule has 0 bridgehead atoms. The number of sulfonamides is 1. The monoisotopic (exact) mass is 565 g/mol. The summed E-state index contributed by atoms with van der Waals surface area (Å²) in [5, 5.41) is 14.3. The molecule has 9 nitrogen and oxygen atoms in total. The van der Waals surface area contributed by atoms with Gasteiger partial charge in [-0.15, -0.1) is 10.2 Å². The zero-order valence-electron chi connectivity index (χ0n) is 19.1. The zero-order valence-corrected chi connectivity index (χ0v) is 22.4. The predicted octanol–water partition coefficient (Wildman–Crippen LogP) is 4.03. The van der Waals surface area contributed by atoms with Crippen molar-refractivity contribution in [1.29, 1.82) is 0 Å². The first-order valence-corrected chi connectivity index (χ1v) is 14.8. The summed E-state index contributed by atoms with van der Waals surface area (Å²) in [6, 6.07) is 13.1. The van der Waals surface area contributed by atoms with Crippen LogP contribution in [0.15, 0.2) is 57.8 Å². The molecule has 2 heterocycles. The van der Waals surface area contributed by atoms with Crippen LogP contribution in [0.25, 0.3) is 0 Å². The maximum Gasteiger partial charge on any atom is 0.257 e. The Morgan fingerprint density at radius 3 is 2.47 bits per heavy atom. The molecular weight excluding hydrogens is 542 g/mol. The van der Waals surface area contributed by atoms with Gasteiger partial charge in [0.2, 0.25) is 21.1 Å². The highest BCUT2D eigenvalue weighted by Crippen LogP contribution is 2.26. The quantitative estimate of drug-likeness (QED) is 0.297. The van der Waals surface area contributed by atoms with Crippen LogP contribution in [0.1, 0.15) is 35.2 Å². The maximum atomic E-state index is 12.8. The number of hydrogen-bond donors (Lipinski definition) is 2. The lowest BCUT2D eigenvalue weighted by Crippen LogP contribution is -2.35. The number of rotatable bonds is 9. The van der Waals surface area contributed by atoms with Crippen LogP contribution in [0.5, 0.6) is 0 Å². The molecule has 2 N–H and O–H groups in total. The fourth-order valence-corrected chi connectivity index (χ4v) is 6.83. The molecule has 190 valence electrons. The summed E-state index contributed by atoms with van der Waals surface area (Å²) in [7, 11) is -3.56. The van der Waals surface area contributed by atoms with Crippen molar-refractivity contribution < 1.29 is 18.0 Å². The molecule has 0 saturated carbocycles. The van der Waals surface area contributed by atoms with Crippen molar-refractivity contribution in [3.63, 3.8) is 0 Å². The molecule has 1 aliphatic heterocycles. The maximum absolute atomic E-state index is 12.8. The van der Waals surface area contributed by atoms with Gasteiger partial charge in [0.1, 0.15) is 0 Å². The third kappa shape index (κ3) is 6.83. The fraction of sp³-hybridized carbons (Fsp3) is 0.304. The molecule has 0 radical (unpaired) electrons. The third-order valence-corrected chi connectivity index (χ3v) is 9.71. The van der Waals surface area contributed by atoms with Gasteiger partial charge in [-0.05, 0) is 48.7 Å². The Balaban J connectivity index is 1.27. The smallest absolute Gasteiger partial charge is 0.257 e. The Kier molecular flexibility index (Phi) is 8.96. The molecule has 1 fully saturated rings. The van der Waals surface area contributed by atoms with Gasteiger partial charge in [-0.3, -0.25) is 14.9 Å². The van der Waals surface area contributed by atoms with E-state index in [4.69, 9.17) is 11.6 Å². The van der Waals surface area contributed by atoms with Crippen molar-refractivity contribution in [3.05, 3.63) is 64.7 Å². The van der Waals surface area contributed by atoms with E-state index >= 15 is 0 Å². The first kappa shape index (κ1) is 26.6. The number of nitrogens with one attached hydrogen (secondary N) is 2. The summed E-state index contributed by atoms with van der Waals surface area (Å²) >= 11 is 8.45. The number of piperidine rings is 1. The normalized spacial score (nSPS) is 14.4. The minimum absolute atomic E-state index is 0.139. The van der Waals surface area contributed by atoms with E-state index in [9.17, 15) is 18.0 Å². The minimum Gasteiger partial charge on any atom is -0.351 e. The van der Waals surface area contributed by atoms with Crippen LogP contribution in [0, 0.1) is 0 Å². The van der Waals surface area contributed by atoms with Crippen molar-refractivity contribution in [1.82, 2.24) is 19.8 Å². The van der Waals surface area contributed by atoms with Crippen LogP contribution in [0.4, 0.5) is 5.13 Å². The Morgan fingerprint density at radius 2 is 1.75 bits per heavy atom. The number of thioether (sulfide) groups is 1. The van der Waals surface area contributed by atoms with E-state index in [1.165, 1.54) is 40.3 Å². The highest BCUT2D eigenvalue weighted by atomic mass is 35.5. The van der Waals surface area contributed by atoms with Gasteiger partial charge in [0, 0.05) is 30.2 Å². The van der Waals surface area contributed by atoms with Gasteiger partial charge in [-0.2, -0.15) is 4.31 Å². The van der Waals surface area contributed by atoms with E-state index in [0.29, 0.717) is 34.6 Å². The average Bonchev–Trinajstić information content (AvgIpc) is 3.34. The lowest BCUT2D eigenvalue weighted by Gasteiger charge is -2.25. The SMILES string of the molecule is O=C(CSc1nnc(NC(=O)c2ccc(S(=O)(=O)N3CCCCC3)cc2)s1)NCc1ccccc1Cl. The Labute approximate surface area is 222 Å². The van der Waals surface area contributed by atoms with Crippen molar-refractivity contribution in [3.8, 4) is 0 Å². The summed E-state index contributed by atoms with van der Waals surface area (Å²) in [6.07, 6.45) is 2.75. The van der Waals surface area contributed by atoms with Crippen LogP contribution in [-0.4, -0.2) is 53.6 Å². The second-order valence-corrected chi connectivity index (χ2v) is 12.5. The van der Waals surface area contributed by atoms with Crippen molar-refractivity contribution in [2.75, 3.05) is 24.2 Å². The number of anilines is 1. The third-order valence-electron chi connectivity index (χ3n) is 5.46. The molecule has 2 amide bonds. The van der Waals surface area contributed by atoms with Crippen molar-refractivity contribution in [2.24, 2.45) is 0 Å². The Bertz CT molecular complexity index is 1330. The molecule has 1 aliphatic rings. The molecule has 0 spiro atoms. The van der Waals surface area contributed by atoms with Gasteiger partial charge in [0.15, 0.2) is 4.34 Å². The summed E-state index contributed by atoms with van der Waals surface area (Å²) < 4.78 is 27.6. The molecule has 1 saturated heterocycles. The van der Waals surface area contributed by atoms with Gasteiger partial charge in [0.05, 0.1) is 10.6 Å². The van der Waals surface area contributed by atoms with Crippen LogP contribution < -0.4 is 10.6 Å². The Hall–Kier alpha value is -2.51. The second kappa shape index (κ2) is 12.2. The number of benzene rings is 2. The van der Waals surface area contributed by atoms with E-state index in [0.717, 1.165) is 36.2 Å². The van der Waals surface area contributed by atoms with Gasteiger partial charge in [-0.1, -0.05) is 59.3 Å². The summed E-state index contributed by atoms with van der Waals surface area (Å²) in [4.78, 5) is 24.9. The standard InChI is InChI=1S/C23H24ClN5O4S3/c24-19-7-3-2-6-17(19)14-25-20(30)15-34-23-28-27-22(35-23)26-21(31)16-8-10-18(11-9-16)36(32,33)29-12-4-1-5-13-29/h2-3,6-11H,1,4-5,12-15H2,(H,25,30)(H,26,27,31). The first-order valence-electron chi connectivity index (χ1n) is 11.2. The molecule has 4 rings (SSSR count). The summed E-state index contributed by atoms with van der Waals surface area (Å²) in [5.41, 5.74) is 1.13. The van der Waals surface area contributed by atoms with E-state index in [-0.39, 0.29) is 21.7 Å². The fourth-order valence-electron chi connectivity index (χ4n) is 3.53. The highest BCUT2D eigenvalue weighted by molar-refractivity contribution is 8.01. The minimum atomic E-state index is -3.56. The molecular formula is C23H24ClN5O4S3. The van der Waals surface area contributed by atoms with Crippen LogP contribution >= 0.6 is 34.7 Å². The molecule has 2 aromatic carbocycles. The van der Waals surface area contributed by atoms with E-state index in [1.807, 2.05) is 18.2 Å². The first-order chi connectivity index (χ1) is 17.3. The number of nitrogens with zero attached hydrogens (tertiary/aromatic N) is 3. The average molecular weight is 566 g/mol. The molecule has 3 aromatic rings.